The van der Waals surface area contributed by atoms with Crippen molar-refractivity contribution >= 4 is 8.40 Å². The molecule has 0 aliphatic carbocycles. The van der Waals surface area contributed by atoms with E-state index >= 15 is 0 Å². The lowest BCUT2D eigenvalue weighted by molar-refractivity contribution is 0.469. The number of hydrogen-bond donors (Lipinski definition) is 0. The normalized spacial score (nSPS) is 13.6. The van der Waals surface area contributed by atoms with Crippen LogP contribution in [0.5, 0.6) is 0 Å². The van der Waals surface area contributed by atoms with Crippen molar-refractivity contribution in [3.8, 4) is 0 Å². The maximum Gasteiger partial charge on any atom is 0.205 e. The fourth-order valence-corrected chi connectivity index (χ4v) is 4.30. The Kier molecular flexibility index (Phi) is 3.74. The average Bonchev–Trinajstić information content (AvgIpc) is 1.84. The summed E-state index contributed by atoms with van der Waals surface area (Å²) in [6.45, 7) is 7.02. The van der Waals surface area contributed by atoms with Crippen molar-refractivity contribution in [1.29, 1.82) is 0 Å². The van der Waals surface area contributed by atoms with E-state index in [1.807, 2.05) is 0 Å². The van der Waals surface area contributed by atoms with Gasteiger partial charge < -0.3 is 9.13 Å². The summed E-state index contributed by atoms with van der Waals surface area (Å²) in [5.41, 5.74) is 0.771. The van der Waals surface area contributed by atoms with Gasteiger partial charge in [0.1, 0.15) is 0 Å². The summed E-state index contributed by atoms with van der Waals surface area (Å²) >= 11 is 0. The molecule has 2 nitrogen and oxygen atoms in total. The summed E-state index contributed by atoms with van der Waals surface area (Å²) in [6, 6.07) is 0. The molecular weight excluding hydrogens is 152 g/mol. The van der Waals surface area contributed by atoms with Crippen LogP contribution in [0.4, 0.5) is 0 Å². The van der Waals surface area contributed by atoms with Crippen molar-refractivity contribution in [2.45, 2.75) is 25.9 Å². The number of hydrogen-bond acceptors (Lipinski definition) is 2. The molecule has 0 aromatic carbocycles. The van der Waals surface area contributed by atoms with Crippen molar-refractivity contribution in [3.05, 3.63) is 0 Å². The molecule has 0 saturated heterocycles. The van der Waals surface area contributed by atoms with E-state index in [9.17, 15) is 0 Å². The third-order valence-electron chi connectivity index (χ3n) is 2.90. The molecule has 0 amide bonds. The topological polar surface area (TPSA) is 6.48 Å². The van der Waals surface area contributed by atoms with Crippen LogP contribution in [-0.4, -0.2) is 45.7 Å². The third-order valence-corrected chi connectivity index (χ3v) is 8.71. The van der Waals surface area contributed by atoms with Crippen LogP contribution in [0.15, 0.2) is 0 Å². The highest BCUT2D eigenvalue weighted by Crippen LogP contribution is 2.23. The standard InChI is InChI=1S/C8H22N2Si/c1-8(2)11(7,9(3)4)10(5)6/h8H,1-7H3. The van der Waals surface area contributed by atoms with Crippen molar-refractivity contribution < 1.29 is 0 Å². The van der Waals surface area contributed by atoms with Crippen LogP contribution in [0.1, 0.15) is 13.8 Å². The van der Waals surface area contributed by atoms with Gasteiger partial charge >= 0.3 is 0 Å². The molecular formula is C8H22N2Si. The average molecular weight is 174 g/mol. The quantitative estimate of drug-likeness (QED) is 0.600. The van der Waals surface area contributed by atoms with E-state index in [4.69, 9.17) is 0 Å². The van der Waals surface area contributed by atoms with Gasteiger partial charge in [-0.2, -0.15) is 0 Å². The Morgan fingerprint density at radius 3 is 1.18 bits per heavy atom. The lowest BCUT2D eigenvalue weighted by atomic mass is 10.6. The van der Waals surface area contributed by atoms with Crippen LogP contribution < -0.4 is 0 Å². The Morgan fingerprint density at radius 1 is 0.909 bits per heavy atom. The zero-order valence-corrected chi connectivity index (χ0v) is 9.97. The smallest absolute Gasteiger partial charge is 0.205 e. The van der Waals surface area contributed by atoms with E-state index in [1.165, 1.54) is 0 Å². The molecule has 0 rings (SSSR count). The molecule has 0 atom stereocenters. The van der Waals surface area contributed by atoms with Crippen molar-refractivity contribution in [1.82, 2.24) is 9.13 Å². The molecule has 3 heteroatoms. The van der Waals surface area contributed by atoms with Crippen LogP contribution in [0.3, 0.4) is 0 Å². The molecule has 0 radical (unpaired) electrons. The molecule has 0 bridgehead atoms. The zero-order valence-electron chi connectivity index (χ0n) is 8.97. The van der Waals surface area contributed by atoms with Gasteiger partial charge in [-0.1, -0.05) is 13.8 Å². The van der Waals surface area contributed by atoms with Crippen LogP contribution in [0.2, 0.25) is 12.1 Å². The van der Waals surface area contributed by atoms with Gasteiger partial charge in [0.2, 0.25) is 8.40 Å². The molecule has 0 spiro atoms. The van der Waals surface area contributed by atoms with E-state index in [0.29, 0.717) is 0 Å². The van der Waals surface area contributed by atoms with E-state index in [0.717, 1.165) is 5.54 Å². The second-order valence-electron chi connectivity index (χ2n) is 4.04. The minimum absolute atomic E-state index is 0.771. The second-order valence-corrected chi connectivity index (χ2v) is 9.17. The SMILES string of the molecule is CC(C)[Si](C)(N(C)C)N(C)C. The summed E-state index contributed by atoms with van der Waals surface area (Å²) in [5.74, 6) is 0. The molecule has 68 valence electrons. The molecule has 0 aromatic heterocycles. The Hall–Kier alpha value is 0.137. The van der Waals surface area contributed by atoms with Crippen molar-refractivity contribution in [2.24, 2.45) is 0 Å². The van der Waals surface area contributed by atoms with E-state index < -0.39 is 8.40 Å². The highest BCUT2D eigenvalue weighted by molar-refractivity contribution is 6.74. The first kappa shape index (κ1) is 11.1. The molecule has 0 fully saturated rings. The first-order chi connectivity index (χ1) is 4.83. The Balaban J connectivity index is 4.53. The highest BCUT2D eigenvalue weighted by atomic mass is 28.3. The van der Waals surface area contributed by atoms with Gasteiger partial charge in [0.25, 0.3) is 0 Å². The van der Waals surface area contributed by atoms with Gasteiger partial charge in [0, 0.05) is 0 Å². The highest BCUT2D eigenvalue weighted by Gasteiger charge is 2.36. The maximum atomic E-state index is 2.40. The molecule has 11 heavy (non-hydrogen) atoms. The summed E-state index contributed by atoms with van der Waals surface area (Å²) in [4.78, 5) is 0. The van der Waals surface area contributed by atoms with Gasteiger partial charge in [-0.3, -0.25) is 0 Å². The van der Waals surface area contributed by atoms with Crippen molar-refractivity contribution in [3.63, 3.8) is 0 Å². The molecule has 0 aromatic rings. The predicted octanol–water partition coefficient (Wildman–Crippen LogP) is 1.59. The molecule has 0 saturated carbocycles. The summed E-state index contributed by atoms with van der Waals surface area (Å²) in [5, 5.41) is 0. The van der Waals surface area contributed by atoms with E-state index in [2.05, 4.69) is 57.7 Å². The molecule has 0 heterocycles. The fraction of sp³-hybridized carbons (Fsp3) is 1.00. The summed E-state index contributed by atoms with van der Waals surface area (Å²) in [6.07, 6.45) is 0. The first-order valence-corrected chi connectivity index (χ1v) is 6.65. The summed E-state index contributed by atoms with van der Waals surface area (Å²) in [7, 11) is 7.43. The van der Waals surface area contributed by atoms with Gasteiger partial charge in [-0.05, 0) is 40.3 Å². The Morgan fingerprint density at radius 2 is 1.18 bits per heavy atom. The van der Waals surface area contributed by atoms with Crippen LogP contribution in [0.25, 0.3) is 0 Å². The monoisotopic (exact) mass is 174 g/mol. The van der Waals surface area contributed by atoms with Crippen molar-refractivity contribution in [2.75, 3.05) is 28.2 Å². The summed E-state index contributed by atoms with van der Waals surface area (Å²) < 4.78 is 4.80. The minimum Gasteiger partial charge on any atom is -0.317 e. The lowest BCUT2D eigenvalue weighted by Crippen LogP contribution is -2.60. The maximum absolute atomic E-state index is 2.40. The first-order valence-electron chi connectivity index (χ1n) is 4.18. The van der Waals surface area contributed by atoms with E-state index in [1.54, 1.807) is 0 Å². The molecule has 0 unspecified atom stereocenters. The number of nitrogens with zero attached hydrogens (tertiary/aromatic N) is 2. The second kappa shape index (κ2) is 3.69. The van der Waals surface area contributed by atoms with Gasteiger partial charge in [-0.25, -0.2) is 0 Å². The Labute approximate surface area is 72.4 Å². The minimum atomic E-state index is -1.31. The van der Waals surface area contributed by atoms with Crippen LogP contribution >= 0.6 is 0 Å². The predicted molar refractivity (Wildman–Crippen MR) is 54.1 cm³/mol. The molecule has 0 N–H and O–H groups in total. The van der Waals surface area contributed by atoms with Gasteiger partial charge in [-0.15, -0.1) is 0 Å². The molecule has 0 aliphatic heterocycles. The number of rotatable bonds is 3. The van der Waals surface area contributed by atoms with Crippen LogP contribution in [0, 0.1) is 0 Å². The van der Waals surface area contributed by atoms with Gasteiger partial charge in [0.15, 0.2) is 0 Å². The molecule has 0 aliphatic rings. The van der Waals surface area contributed by atoms with Gasteiger partial charge in [0.05, 0.1) is 0 Å². The fourth-order valence-electron chi connectivity index (χ4n) is 1.43. The Bertz CT molecular complexity index is 99.5. The third kappa shape index (κ3) is 2.04. The zero-order chi connectivity index (χ0) is 9.23. The van der Waals surface area contributed by atoms with E-state index in [-0.39, 0.29) is 0 Å². The lowest BCUT2D eigenvalue weighted by Gasteiger charge is -2.42. The largest absolute Gasteiger partial charge is 0.317 e. The van der Waals surface area contributed by atoms with Crippen LogP contribution in [-0.2, 0) is 0 Å².